The fourth-order valence-corrected chi connectivity index (χ4v) is 1.90. The molecule has 1 amide bonds. The number of benzene rings is 2. The highest BCUT2D eigenvalue weighted by Crippen LogP contribution is 2.11. The second-order valence-corrected chi connectivity index (χ2v) is 4.45. The molecule has 0 unspecified atom stereocenters. The number of hydrogen-bond acceptors (Lipinski definition) is 3. The summed E-state index contributed by atoms with van der Waals surface area (Å²) in [5.74, 6) is 0.480. The van der Waals surface area contributed by atoms with E-state index in [1.807, 2.05) is 37.3 Å². The third-order valence-electron chi connectivity index (χ3n) is 3.09. The lowest BCUT2D eigenvalue weighted by molar-refractivity contribution is 0.0955. The smallest absolute Gasteiger partial charge is 0.271 e. The predicted molar refractivity (Wildman–Crippen MR) is 83.7 cm³/mol. The normalized spacial score (nSPS) is 11.0. The summed E-state index contributed by atoms with van der Waals surface area (Å²) >= 11 is 0. The molecular formula is C17H18N2O2. The lowest BCUT2D eigenvalue weighted by atomic mass is 10.1. The second-order valence-electron chi connectivity index (χ2n) is 4.45. The van der Waals surface area contributed by atoms with Crippen LogP contribution in [0.1, 0.15) is 29.3 Å². The minimum absolute atomic E-state index is 0.237. The summed E-state index contributed by atoms with van der Waals surface area (Å²) in [5.41, 5.74) is 4.99. The molecule has 2 aromatic rings. The average molecular weight is 282 g/mol. The van der Waals surface area contributed by atoms with Gasteiger partial charge >= 0.3 is 0 Å². The molecule has 0 saturated carbocycles. The van der Waals surface area contributed by atoms with E-state index < -0.39 is 0 Å². The summed E-state index contributed by atoms with van der Waals surface area (Å²) < 4.78 is 5.06. The molecule has 0 aromatic heterocycles. The van der Waals surface area contributed by atoms with E-state index in [1.54, 1.807) is 31.4 Å². The number of carbonyl (C=O) groups excluding carboxylic acids is 1. The molecule has 0 bridgehead atoms. The molecular weight excluding hydrogens is 264 g/mol. The summed E-state index contributed by atoms with van der Waals surface area (Å²) in [7, 11) is 1.59. The van der Waals surface area contributed by atoms with Crippen molar-refractivity contribution >= 4 is 11.6 Å². The molecule has 1 N–H and O–H groups in total. The molecule has 0 saturated heterocycles. The molecule has 4 nitrogen and oxygen atoms in total. The SMILES string of the molecule is CC/C(=N/NC(=O)c1ccc(OC)cc1)c1ccccc1. The molecule has 0 aliphatic rings. The van der Waals surface area contributed by atoms with E-state index in [1.165, 1.54) is 0 Å². The molecule has 0 radical (unpaired) electrons. The first-order chi connectivity index (χ1) is 10.2. The van der Waals surface area contributed by atoms with Gasteiger partial charge in [0, 0.05) is 5.56 Å². The Labute approximate surface area is 124 Å². The van der Waals surface area contributed by atoms with Gasteiger partial charge in [0.15, 0.2) is 0 Å². The van der Waals surface area contributed by atoms with Crippen LogP contribution in [0.2, 0.25) is 0 Å². The Bertz CT molecular complexity index is 619. The van der Waals surface area contributed by atoms with Crippen LogP contribution in [-0.4, -0.2) is 18.7 Å². The number of rotatable bonds is 5. The van der Waals surface area contributed by atoms with Crippen molar-refractivity contribution in [3.8, 4) is 5.75 Å². The van der Waals surface area contributed by atoms with Gasteiger partial charge in [0.25, 0.3) is 5.91 Å². The van der Waals surface area contributed by atoms with E-state index in [-0.39, 0.29) is 5.91 Å². The number of amides is 1. The number of ether oxygens (including phenoxy) is 1. The standard InChI is InChI=1S/C17H18N2O2/c1-3-16(13-7-5-4-6-8-13)18-19-17(20)14-9-11-15(21-2)12-10-14/h4-12H,3H2,1-2H3,(H,19,20)/b18-16-. The second kappa shape index (κ2) is 7.24. The van der Waals surface area contributed by atoms with Crippen LogP contribution in [0.5, 0.6) is 5.75 Å². The highest BCUT2D eigenvalue weighted by molar-refractivity contribution is 6.02. The summed E-state index contributed by atoms with van der Waals surface area (Å²) in [6.45, 7) is 2.01. The van der Waals surface area contributed by atoms with Crippen molar-refractivity contribution in [1.29, 1.82) is 0 Å². The fraction of sp³-hybridized carbons (Fsp3) is 0.176. The van der Waals surface area contributed by atoms with Crippen LogP contribution in [0.4, 0.5) is 0 Å². The largest absolute Gasteiger partial charge is 0.497 e. The molecule has 2 rings (SSSR count). The predicted octanol–water partition coefficient (Wildman–Crippen LogP) is 3.24. The van der Waals surface area contributed by atoms with Gasteiger partial charge in [-0.25, -0.2) is 5.43 Å². The molecule has 4 heteroatoms. The Morgan fingerprint density at radius 1 is 1.05 bits per heavy atom. The molecule has 0 aliphatic heterocycles. The first-order valence-electron chi connectivity index (χ1n) is 6.81. The number of nitrogens with one attached hydrogen (secondary N) is 1. The fourth-order valence-electron chi connectivity index (χ4n) is 1.90. The highest BCUT2D eigenvalue weighted by atomic mass is 16.5. The Kier molecular flexibility index (Phi) is 5.10. The average Bonchev–Trinajstić information content (AvgIpc) is 2.56. The molecule has 0 atom stereocenters. The Hall–Kier alpha value is -2.62. The molecule has 0 aliphatic carbocycles. The monoisotopic (exact) mass is 282 g/mol. The molecule has 0 heterocycles. The van der Waals surface area contributed by atoms with Crippen LogP contribution in [0.3, 0.4) is 0 Å². The Balaban J connectivity index is 2.09. The lowest BCUT2D eigenvalue weighted by Gasteiger charge is -2.06. The maximum Gasteiger partial charge on any atom is 0.271 e. The van der Waals surface area contributed by atoms with E-state index in [9.17, 15) is 4.79 Å². The molecule has 0 spiro atoms. The lowest BCUT2D eigenvalue weighted by Crippen LogP contribution is -2.19. The third-order valence-corrected chi connectivity index (χ3v) is 3.09. The van der Waals surface area contributed by atoms with Gasteiger partial charge in [0.05, 0.1) is 12.8 Å². The number of hydrazone groups is 1. The van der Waals surface area contributed by atoms with Gasteiger partial charge in [-0.2, -0.15) is 5.10 Å². The van der Waals surface area contributed by atoms with Crippen LogP contribution >= 0.6 is 0 Å². The van der Waals surface area contributed by atoms with Crippen molar-refractivity contribution < 1.29 is 9.53 Å². The van der Waals surface area contributed by atoms with Crippen molar-refractivity contribution in [2.24, 2.45) is 5.10 Å². The van der Waals surface area contributed by atoms with Gasteiger partial charge in [0.1, 0.15) is 5.75 Å². The van der Waals surface area contributed by atoms with Crippen LogP contribution in [0.15, 0.2) is 59.7 Å². The Morgan fingerprint density at radius 3 is 2.29 bits per heavy atom. The number of nitrogens with zero attached hydrogens (tertiary/aromatic N) is 1. The third kappa shape index (κ3) is 3.92. The molecule has 108 valence electrons. The highest BCUT2D eigenvalue weighted by Gasteiger charge is 2.06. The summed E-state index contributed by atoms with van der Waals surface area (Å²) in [6.07, 6.45) is 0.743. The molecule has 0 fully saturated rings. The molecule has 21 heavy (non-hydrogen) atoms. The summed E-state index contributed by atoms with van der Waals surface area (Å²) in [4.78, 5) is 12.0. The molecule has 2 aromatic carbocycles. The van der Waals surface area contributed by atoms with E-state index in [2.05, 4.69) is 10.5 Å². The number of methoxy groups -OCH3 is 1. The van der Waals surface area contributed by atoms with Gasteiger partial charge in [-0.05, 0) is 36.2 Å². The van der Waals surface area contributed by atoms with E-state index in [0.717, 1.165) is 17.7 Å². The van der Waals surface area contributed by atoms with Gasteiger partial charge in [-0.1, -0.05) is 37.3 Å². The maximum atomic E-state index is 12.0. The number of carbonyl (C=O) groups is 1. The minimum atomic E-state index is -0.237. The van der Waals surface area contributed by atoms with Crippen molar-refractivity contribution in [1.82, 2.24) is 5.43 Å². The van der Waals surface area contributed by atoms with Crippen LogP contribution in [0, 0.1) is 0 Å². The van der Waals surface area contributed by atoms with Crippen molar-refractivity contribution in [3.63, 3.8) is 0 Å². The summed E-state index contributed by atoms with van der Waals surface area (Å²) in [6, 6.07) is 16.7. The van der Waals surface area contributed by atoms with Gasteiger partial charge in [-0.15, -0.1) is 0 Å². The zero-order valence-corrected chi connectivity index (χ0v) is 12.2. The van der Waals surface area contributed by atoms with E-state index in [0.29, 0.717) is 11.3 Å². The van der Waals surface area contributed by atoms with Gasteiger partial charge in [0.2, 0.25) is 0 Å². The van der Waals surface area contributed by atoms with Crippen LogP contribution in [-0.2, 0) is 0 Å². The van der Waals surface area contributed by atoms with Gasteiger partial charge in [-0.3, -0.25) is 4.79 Å². The van der Waals surface area contributed by atoms with Crippen molar-refractivity contribution in [2.75, 3.05) is 7.11 Å². The van der Waals surface area contributed by atoms with Gasteiger partial charge < -0.3 is 4.74 Å². The maximum absolute atomic E-state index is 12.0. The van der Waals surface area contributed by atoms with E-state index >= 15 is 0 Å². The van der Waals surface area contributed by atoms with Crippen LogP contribution < -0.4 is 10.2 Å². The Morgan fingerprint density at radius 2 is 1.71 bits per heavy atom. The quantitative estimate of drug-likeness (QED) is 0.676. The first kappa shape index (κ1) is 14.8. The zero-order valence-electron chi connectivity index (χ0n) is 12.2. The van der Waals surface area contributed by atoms with Crippen molar-refractivity contribution in [2.45, 2.75) is 13.3 Å². The zero-order chi connectivity index (χ0) is 15.1. The first-order valence-corrected chi connectivity index (χ1v) is 6.81. The van der Waals surface area contributed by atoms with E-state index in [4.69, 9.17) is 4.74 Å². The van der Waals surface area contributed by atoms with Crippen LogP contribution in [0.25, 0.3) is 0 Å². The van der Waals surface area contributed by atoms with Crippen molar-refractivity contribution in [3.05, 3.63) is 65.7 Å². The topological polar surface area (TPSA) is 50.7 Å². The minimum Gasteiger partial charge on any atom is -0.497 e. The summed E-state index contributed by atoms with van der Waals surface area (Å²) in [5, 5.41) is 4.22. The number of hydrogen-bond donors (Lipinski definition) is 1.